The Balaban J connectivity index is 2.36. The molecule has 1 aromatic carbocycles. The minimum atomic E-state index is -0.487. The minimum Gasteiger partial charge on any atom is -0.462 e. The van der Waals surface area contributed by atoms with Crippen molar-refractivity contribution in [2.75, 3.05) is 6.61 Å². The second-order valence-corrected chi connectivity index (χ2v) is 3.96. The molecule has 0 aromatic heterocycles. The lowest BCUT2D eigenvalue weighted by atomic mass is 10.2. The summed E-state index contributed by atoms with van der Waals surface area (Å²) < 4.78 is 4.93. The maximum absolute atomic E-state index is 11.3. The number of carbonyl (C=O) groups excluding carboxylic acids is 1. The molecule has 0 fully saturated rings. The first-order valence-corrected chi connectivity index (χ1v) is 5.08. The molecule has 1 aromatic rings. The Labute approximate surface area is 92.8 Å². The van der Waals surface area contributed by atoms with Gasteiger partial charge in [-0.2, -0.15) is 0 Å². The Morgan fingerprint density at radius 3 is 2.50 bits per heavy atom. The largest absolute Gasteiger partial charge is 0.462 e. The zero-order valence-corrected chi connectivity index (χ0v) is 8.96. The third-order valence-electron chi connectivity index (χ3n) is 1.58. The Kier molecular flexibility index (Phi) is 4.77. The van der Waals surface area contributed by atoms with Crippen LogP contribution in [-0.4, -0.2) is 17.4 Å². The van der Waals surface area contributed by atoms with Crippen molar-refractivity contribution in [1.29, 1.82) is 0 Å². The number of alkyl halides is 2. The van der Waals surface area contributed by atoms with Crippen molar-refractivity contribution >= 4 is 29.2 Å². The standard InChI is InChI=1S/C10H10Cl2O2/c11-9(12)6-7-14-10(13)8-4-2-1-3-5-8/h1-5,9H,6-7H2. The van der Waals surface area contributed by atoms with Crippen molar-refractivity contribution in [2.45, 2.75) is 11.3 Å². The molecular weight excluding hydrogens is 223 g/mol. The van der Waals surface area contributed by atoms with E-state index in [-0.39, 0.29) is 12.6 Å². The molecule has 0 aliphatic rings. The molecule has 0 atom stereocenters. The molecule has 0 saturated carbocycles. The van der Waals surface area contributed by atoms with Gasteiger partial charge in [0.1, 0.15) is 4.84 Å². The van der Waals surface area contributed by atoms with E-state index in [1.54, 1.807) is 24.3 Å². The van der Waals surface area contributed by atoms with E-state index in [0.717, 1.165) is 0 Å². The summed E-state index contributed by atoms with van der Waals surface area (Å²) >= 11 is 11.0. The monoisotopic (exact) mass is 232 g/mol. The molecule has 0 aliphatic carbocycles. The van der Waals surface area contributed by atoms with Gasteiger partial charge in [0.15, 0.2) is 0 Å². The highest BCUT2D eigenvalue weighted by Gasteiger charge is 2.06. The third-order valence-corrected chi connectivity index (χ3v) is 2.02. The lowest BCUT2D eigenvalue weighted by molar-refractivity contribution is 0.0504. The van der Waals surface area contributed by atoms with Crippen LogP contribution in [0.2, 0.25) is 0 Å². The predicted molar refractivity (Wildman–Crippen MR) is 56.8 cm³/mol. The highest BCUT2D eigenvalue weighted by Crippen LogP contribution is 2.08. The van der Waals surface area contributed by atoms with Crippen LogP contribution in [0.15, 0.2) is 30.3 Å². The number of halogens is 2. The van der Waals surface area contributed by atoms with Gasteiger partial charge in [0.2, 0.25) is 0 Å². The van der Waals surface area contributed by atoms with E-state index >= 15 is 0 Å². The molecule has 0 spiro atoms. The van der Waals surface area contributed by atoms with E-state index in [9.17, 15) is 4.79 Å². The van der Waals surface area contributed by atoms with E-state index in [4.69, 9.17) is 27.9 Å². The first-order valence-electron chi connectivity index (χ1n) is 4.20. The van der Waals surface area contributed by atoms with Crippen molar-refractivity contribution in [3.05, 3.63) is 35.9 Å². The van der Waals surface area contributed by atoms with Crippen molar-refractivity contribution in [3.8, 4) is 0 Å². The molecule has 0 radical (unpaired) electrons. The van der Waals surface area contributed by atoms with E-state index in [2.05, 4.69) is 0 Å². The Morgan fingerprint density at radius 1 is 1.29 bits per heavy atom. The molecule has 0 unspecified atom stereocenters. The van der Waals surface area contributed by atoms with Crippen LogP contribution in [0.4, 0.5) is 0 Å². The van der Waals surface area contributed by atoms with Gasteiger partial charge in [0.25, 0.3) is 0 Å². The summed E-state index contributed by atoms with van der Waals surface area (Å²) in [5.74, 6) is -0.348. The normalized spacial score (nSPS) is 10.2. The molecule has 0 saturated heterocycles. The lowest BCUT2D eigenvalue weighted by Gasteiger charge is -2.04. The molecule has 0 bridgehead atoms. The number of hydrogen-bond acceptors (Lipinski definition) is 2. The fourth-order valence-electron chi connectivity index (χ4n) is 0.898. The number of esters is 1. The first-order chi connectivity index (χ1) is 6.70. The van der Waals surface area contributed by atoms with Gasteiger partial charge in [-0.25, -0.2) is 4.79 Å². The minimum absolute atomic E-state index is 0.241. The SMILES string of the molecule is O=C(OCCC(Cl)Cl)c1ccccc1. The van der Waals surface area contributed by atoms with Crippen molar-refractivity contribution in [1.82, 2.24) is 0 Å². The van der Waals surface area contributed by atoms with E-state index in [1.165, 1.54) is 0 Å². The average molecular weight is 233 g/mol. The average Bonchev–Trinajstić information content (AvgIpc) is 2.18. The van der Waals surface area contributed by atoms with Crippen LogP contribution >= 0.6 is 23.2 Å². The van der Waals surface area contributed by atoms with Gasteiger partial charge in [-0.15, -0.1) is 23.2 Å². The third kappa shape index (κ3) is 3.99. The molecule has 0 amide bonds. The van der Waals surface area contributed by atoms with E-state index in [1.807, 2.05) is 6.07 Å². The summed E-state index contributed by atoms with van der Waals surface area (Å²) in [7, 11) is 0. The summed E-state index contributed by atoms with van der Waals surface area (Å²) in [6.45, 7) is 0.241. The Bertz CT molecular complexity index is 285. The van der Waals surface area contributed by atoms with Gasteiger partial charge in [0, 0.05) is 6.42 Å². The second kappa shape index (κ2) is 5.89. The van der Waals surface area contributed by atoms with Gasteiger partial charge in [0.05, 0.1) is 12.2 Å². The highest BCUT2D eigenvalue weighted by atomic mass is 35.5. The van der Waals surface area contributed by atoms with Gasteiger partial charge < -0.3 is 4.74 Å². The summed E-state index contributed by atoms with van der Waals surface area (Å²) in [4.78, 5) is 10.8. The van der Waals surface area contributed by atoms with Crippen molar-refractivity contribution in [3.63, 3.8) is 0 Å². The van der Waals surface area contributed by atoms with Gasteiger partial charge >= 0.3 is 5.97 Å². The van der Waals surface area contributed by atoms with Gasteiger partial charge in [-0.1, -0.05) is 18.2 Å². The fraction of sp³-hybridized carbons (Fsp3) is 0.300. The smallest absolute Gasteiger partial charge is 0.338 e. The zero-order chi connectivity index (χ0) is 10.4. The molecule has 1 rings (SSSR count). The van der Waals surface area contributed by atoms with Crippen molar-refractivity contribution < 1.29 is 9.53 Å². The van der Waals surface area contributed by atoms with Crippen LogP contribution in [0, 0.1) is 0 Å². The maximum atomic E-state index is 11.3. The maximum Gasteiger partial charge on any atom is 0.338 e. The van der Waals surface area contributed by atoms with Crippen LogP contribution in [0.1, 0.15) is 16.8 Å². The van der Waals surface area contributed by atoms with Crippen LogP contribution in [-0.2, 0) is 4.74 Å². The highest BCUT2D eigenvalue weighted by molar-refractivity contribution is 6.44. The van der Waals surface area contributed by atoms with Crippen LogP contribution in [0.5, 0.6) is 0 Å². The van der Waals surface area contributed by atoms with Gasteiger partial charge in [-0.05, 0) is 12.1 Å². The number of ether oxygens (including phenoxy) is 1. The first kappa shape index (κ1) is 11.3. The molecule has 4 heteroatoms. The quantitative estimate of drug-likeness (QED) is 0.590. The fourth-order valence-corrected chi connectivity index (χ4v) is 1.08. The zero-order valence-electron chi connectivity index (χ0n) is 7.45. The molecule has 0 heterocycles. The number of rotatable bonds is 4. The predicted octanol–water partition coefficient (Wildman–Crippen LogP) is 3.04. The number of carbonyl (C=O) groups is 1. The Morgan fingerprint density at radius 2 is 1.93 bits per heavy atom. The summed E-state index contributed by atoms with van der Waals surface area (Å²) in [5, 5.41) is 0. The summed E-state index contributed by atoms with van der Waals surface area (Å²) in [5.41, 5.74) is 0.535. The Hall–Kier alpha value is -0.730. The van der Waals surface area contributed by atoms with Crippen LogP contribution < -0.4 is 0 Å². The van der Waals surface area contributed by atoms with Crippen molar-refractivity contribution in [2.24, 2.45) is 0 Å². The molecule has 2 nitrogen and oxygen atoms in total. The van der Waals surface area contributed by atoms with E-state index < -0.39 is 4.84 Å². The molecule has 0 aliphatic heterocycles. The molecule has 14 heavy (non-hydrogen) atoms. The van der Waals surface area contributed by atoms with Crippen LogP contribution in [0.3, 0.4) is 0 Å². The molecular formula is C10H10Cl2O2. The molecule has 0 N–H and O–H groups in total. The summed E-state index contributed by atoms with van der Waals surface area (Å²) in [6.07, 6.45) is 0.446. The van der Waals surface area contributed by atoms with E-state index in [0.29, 0.717) is 12.0 Å². The number of hydrogen-bond donors (Lipinski definition) is 0. The van der Waals surface area contributed by atoms with Gasteiger partial charge in [-0.3, -0.25) is 0 Å². The second-order valence-electron chi connectivity index (χ2n) is 2.68. The number of benzene rings is 1. The summed E-state index contributed by atoms with van der Waals surface area (Å²) in [6, 6.07) is 8.79. The molecule has 76 valence electrons. The lowest BCUT2D eigenvalue weighted by Crippen LogP contribution is -2.07. The van der Waals surface area contributed by atoms with Crippen LogP contribution in [0.25, 0.3) is 0 Å². The topological polar surface area (TPSA) is 26.3 Å².